The summed E-state index contributed by atoms with van der Waals surface area (Å²) in [6, 6.07) is 0. The van der Waals surface area contributed by atoms with Crippen LogP contribution in [0.5, 0.6) is 0 Å². The molecule has 0 heterocycles. The standard InChI is InChI=1S/Al.3ClH.Mn.3H/h;3*1H;;;;. The largest absolute Gasteiger partial charge is 0.187 e. The van der Waals surface area contributed by atoms with Crippen LogP contribution in [-0.2, 0) is 17.1 Å². The van der Waals surface area contributed by atoms with Gasteiger partial charge in [-0.3, -0.25) is 0 Å². The SMILES string of the molecule is Cl.Cl.Cl.[AlH3].[Mn]. The van der Waals surface area contributed by atoms with Crippen LogP contribution in [0.4, 0.5) is 0 Å². The van der Waals surface area contributed by atoms with E-state index in [1.807, 2.05) is 0 Å². The zero-order chi connectivity index (χ0) is 0. The summed E-state index contributed by atoms with van der Waals surface area (Å²) in [4.78, 5) is 0. The maximum Gasteiger partial charge on any atom is 0.187 e. The number of rotatable bonds is 0. The predicted molar refractivity (Wildman–Crippen MR) is 31.7 cm³/mol. The second-order valence-electron chi connectivity index (χ2n) is 0. The van der Waals surface area contributed by atoms with Crippen LogP contribution in [0.3, 0.4) is 0 Å². The molecule has 0 saturated carbocycles. The molecule has 0 bridgehead atoms. The van der Waals surface area contributed by atoms with Crippen LogP contribution in [0.2, 0.25) is 0 Å². The summed E-state index contributed by atoms with van der Waals surface area (Å²) in [5.41, 5.74) is 0. The molecule has 0 aromatic heterocycles. The molecule has 0 spiro atoms. The van der Waals surface area contributed by atoms with Crippen molar-refractivity contribution < 1.29 is 17.1 Å². The molecule has 0 N–H and O–H groups in total. The Hall–Kier alpha value is 1.92. The summed E-state index contributed by atoms with van der Waals surface area (Å²) in [7, 11) is 0. The third kappa shape index (κ3) is 24.7. The van der Waals surface area contributed by atoms with E-state index in [0.717, 1.165) is 0 Å². The molecular formula is H6AlCl3Mn. The van der Waals surface area contributed by atoms with Crippen molar-refractivity contribution in [3.05, 3.63) is 0 Å². The van der Waals surface area contributed by atoms with E-state index in [9.17, 15) is 0 Å². The van der Waals surface area contributed by atoms with E-state index < -0.39 is 0 Å². The Labute approximate surface area is 71.3 Å². The first-order valence-electron chi connectivity index (χ1n) is 0. The van der Waals surface area contributed by atoms with E-state index in [-0.39, 0.29) is 71.7 Å². The minimum Gasteiger partial charge on any atom is -0.147 e. The third-order valence-electron chi connectivity index (χ3n) is 0. The molecule has 0 aromatic rings. The second kappa shape index (κ2) is 38.8. The molecule has 0 unspecified atom stereocenters. The van der Waals surface area contributed by atoms with Gasteiger partial charge in [0.25, 0.3) is 0 Å². The van der Waals surface area contributed by atoms with Gasteiger partial charge >= 0.3 is 0 Å². The molecule has 0 aliphatic heterocycles. The topological polar surface area (TPSA) is 0 Å². The first-order chi connectivity index (χ1) is 0. The smallest absolute Gasteiger partial charge is 0.147 e. The van der Waals surface area contributed by atoms with Crippen molar-refractivity contribution in [3.8, 4) is 0 Å². The summed E-state index contributed by atoms with van der Waals surface area (Å²) in [6.07, 6.45) is 0. The van der Waals surface area contributed by atoms with E-state index in [1.165, 1.54) is 0 Å². The molecule has 0 nitrogen and oxygen atoms in total. The van der Waals surface area contributed by atoms with Crippen molar-refractivity contribution in [2.24, 2.45) is 0 Å². The number of hydrogen-bond donors (Lipinski definition) is 0. The summed E-state index contributed by atoms with van der Waals surface area (Å²) >= 11 is 0. The van der Waals surface area contributed by atoms with E-state index in [1.54, 1.807) is 0 Å². The Kier molecular flexibility index (Phi) is 510. The van der Waals surface area contributed by atoms with Crippen LogP contribution in [0.1, 0.15) is 0 Å². The zero-order valence-electron chi connectivity index (χ0n) is 1.60. The molecular weight excluding hydrogens is 188 g/mol. The van der Waals surface area contributed by atoms with Crippen LogP contribution >= 0.6 is 37.2 Å². The monoisotopic (exact) mass is 193 g/mol. The molecule has 0 amide bonds. The Morgan fingerprint density at radius 3 is 0.600 bits per heavy atom. The molecule has 1 radical (unpaired) electrons. The van der Waals surface area contributed by atoms with E-state index >= 15 is 0 Å². The Morgan fingerprint density at radius 2 is 0.600 bits per heavy atom. The average molecular weight is 194 g/mol. The first-order valence-corrected chi connectivity index (χ1v) is 0. The van der Waals surface area contributed by atoms with Gasteiger partial charge in [-0.25, -0.2) is 0 Å². The fourth-order valence-corrected chi connectivity index (χ4v) is 0. The van der Waals surface area contributed by atoms with Gasteiger partial charge in [0.05, 0.1) is 0 Å². The van der Waals surface area contributed by atoms with Gasteiger partial charge in [0.1, 0.15) is 0 Å². The van der Waals surface area contributed by atoms with Gasteiger partial charge in [-0.05, 0) is 0 Å². The normalized spacial score (nSPS) is 0. The van der Waals surface area contributed by atoms with Crippen molar-refractivity contribution in [2.45, 2.75) is 0 Å². The van der Waals surface area contributed by atoms with Gasteiger partial charge in [-0.1, -0.05) is 0 Å². The van der Waals surface area contributed by atoms with Crippen molar-refractivity contribution in [2.75, 3.05) is 0 Å². The molecule has 37 valence electrons. The van der Waals surface area contributed by atoms with Crippen LogP contribution in [0.15, 0.2) is 0 Å². The summed E-state index contributed by atoms with van der Waals surface area (Å²) < 4.78 is 0. The van der Waals surface area contributed by atoms with Crippen molar-refractivity contribution in [1.29, 1.82) is 0 Å². The van der Waals surface area contributed by atoms with Crippen molar-refractivity contribution in [3.63, 3.8) is 0 Å². The minimum atomic E-state index is 0. The third-order valence-corrected chi connectivity index (χ3v) is 0. The van der Waals surface area contributed by atoms with E-state index in [2.05, 4.69) is 0 Å². The molecule has 0 aromatic carbocycles. The van der Waals surface area contributed by atoms with Crippen molar-refractivity contribution in [1.82, 2.24) is 0 Å². The van der Waals surface area contributed by atoms with Crippen LogP contribution in [0.25, 0.3) is 0 Å². The quantitative estimate of drug-likeness (QED) is 0.479. The molecule has 0 aliphatic carbocycles. The van der Waals surface area contributed by atoms with Gasteiger partial charge in [0, 0.05) is 17.1 Å². The number of hydrogen-bond acceptors (Lipinski definition) is 0. The Morgan fingerprint density at radius 1 is 0.600 bits per heavy atom. The summed E-state index contributed by atoms with van der Waals surface area (Å²) in [6.45, 7) is 0. The fraction of sp³-hybridized carbons (Fsp3) is 0. The van der Waals surface area contributed by atoms with Gasteiger partial charge < -0.3 is 0 Å². The summed E-state index contributed by atoms with van der Waals surface area (Å²) in [5, 5.41) is 0. The van der Waals surface area contributed by atoms with Crippen LogP contribution in [-0.4, -0.2) is 17.4 Å². The van der Waals surface area contributed by atoms with Gasteiger partial charge in [0.15, 0.2) is 17.4 Å². The molecule has 0 saturated heterocycles. The van der Waals surface area contributed by atoms with Crippen LogP contribution < -0.4 is 0 Å². The van der Waals surface area contributed by atoms with Crippen LogP contribution in [0, 0.1) is 0 Å². The average Bonchev–Trinajstić information content (AvgIpc) is 0. The molecule has 0 rings (SSSR count). The summed E-state index contributed by atoms with van der Waals surface area (Å²) in [5.74, 6) is 0. The molecule has 5 heteroatoms. The van der Waals surface area contributed by atoms with Crippen molar-refractivity contribution >= 4 is 54.6 Å². The van der Waals surface area contributed by atoms with Gasteiger partial charge in [-0.15, -0.1) is 37.2 Å². The first kappa shape index (κ1) is 65.7. The van der Waals surface area contributed by atoms with E-state index in [0.29, 0.717) is 0 Å². The van der Waals surface area contributed by atoms with Gasteiger partial charge in [-0.2, -0.15) is 0 Å². The molecule has 0 atom stereocenters. The molecule has 0 aliphatic rings. The second-order valence-corrected chi connectivity index (χ2v) is 0. The minimum absolute atomic E-state index is 0. The number of halogens is 3. The fourth-order valence-electron chi connectivity index (χ4n) is 0. The Bertz CT molecular complexity index is 6.85. The zero-order valence-corrected chi connectivity index (χ0v) is 5.23. The molecule has 0 fully saturated rings. The van der Waals surface area contributed by atoms with E-state index in [4.69, 9.17) is 0 Å². The maximum absolute atomic E-state index is 0. The molecule has 5 heavy (non-hydrogen) atoms. The predicted octanol–water partition coefficient (Wildman–Crippen LogP) is 0.0790. The maximum atomic E-state index is 0. The Balaban J connectivity index is 0. The van der Waals surface area contributed by atoms with Gasteiger partial charge in [0.2, 0.25) is 0 Å².